The number of rotatable bonds is 6. The molecular weight excluding hydrogens is 282 g/mol. The van der Waals surface area contributed by atoms with Crippen LogP contribution in [-0.4, -0.2) is 38.6 Å². The SMILES string of the molecule is O=C(NCCc1ncc[nH]1)NCc1nc(C(=O)O)cs1. The number of aromatic amines is 1. The minimum atomic E-state index is -1.07. The van der Waals surface area contributed by atoms with E-state index in [-0.39, 0.29) is 18.3 Å². The lowest BCUT2D eigenvalue weighted by molar-refractivity contribution is 0.0691. The molecule has 0 atom stereocenters. The number of amides is 2. The van der Waals surface area contributed by atoms with Gasteiger partial charge in [-0.1, -0.05) is 0 Å². The molecule has 0 spiro atoms. The predicted octanol–water partition coefficient (Wildman–Crippen LogP) is 0.606. The second-order valence-electron chi connectivity index (χ2n) is 3.83. The molecule has 0 aliphatic rings. The summed E-state index contributed by atoms with van der Waals surface area (Å²) >= 11 is 1.19. The third-order valence-corrected chi connectivity index (χ3v) is 3.22. The number of urea groups is 1. The summed E-state index contributed by atoms with van der Waals surface area (Å²) in [6, 6.07) is -0.330. The van der Waals surface area contributed by atoms with Gasteiger partial charge < -0.3 is 20.7 Å². The van der Waals surface area contributed by atoms with E-state index in [1.165, 1.54) is 16.7 Å². The lowest BCUT2D eigenvalue weighted by Gasteiger charge is -2.05. The van der Waals surface area contributed by atoms with Crippen molar-refractivity contribution >= 4 is 23.3 Å². The van der Waals surface area contributed by atoms with Crippen LogP contribution in [0.5, 0.6) is 0 Å². The predicted molar refractivity (Wildman–Crippen MR) is 71.6 cm³/mol. The van der Waals surface area contributed by atoms with Crippen molar-refractivity contribution in [3.8, 4) is 0 Å². The third kappa shape index (κ3) is 4.05. The number of aromatic carboxylic acids is 1. The molecule has 0 fully saturated rings. The molecule has 2 amide bonds. The van der Waals surface area contributed by atoms with Crippen molar-refractivity contribution in [2.75, 3.05) is 6.54 Å². The highest BCUT2D eigenvalue weighted by molar-refractivity contribution is 7.09. The second-order valence-corrected chi connectivity index (χ2v) is 4.77. The van der Waals surface area contributed by atoms with Crippen molar-refractivity contribution in [1.29, 1.82) is 0 Å². The number of thiazole rings is 1. The Labute approximate surface area is 118 Å². The molecule has 9 heteroatoms. The van der Waals surface area contributed by atoms with Gasteiger partial charge >= 0.3 is 12.0 Å². The first-order valence-electron chi connectivity index (χ1n) is 5.83. The fourth-order valence-corrected chi connectivity index (χ4v) is 2.15. The first kappa shape index (κ1) is 14.0. The average Bonchev–Trinajstić information content (AvgIpc) is 3.07. The van der Waals surface area contributed by atoms with Crippen molar-refractivity contribution < 1.29 is 14.7 Å². The number of hydrogen-bond donors (Lipinski definition) is 4. The van der Waals surface area contributed by atoms with Crippen LogP contribution >= 0.6 is 11.3 Å². The molecule has 2 rings (SSSR count). The van der Waals surface area contributed by atoms with Gasteiger partial charge in [-0.2, -0.15) is 0 Å². The maximum absolute atomic E-state index is 11.5. The molecule has 2 aromatic rings. The van der Waals surface area contributed by atoms with Gasteiger partial charge in [-0.15, -0.1) is 11.3 Å². The quantitative estimate of drug-likeness (QED) is 0.622. The topological polar surface area (TPSA) is 120 Å². The molecule has 2 aromatic heterocycles. The van der Waals surface area contributed by atoms with Crippen LogP contribution in [-0.2, 0) is 13.0 Å². The van der Waals surface area contributed by atoms with Gasteiger partial charge in [0.25, 0.3) is 0 Å². The van der Waals surface area contributed by atoms with Gasteiger partial charge in [-0.05, 0) is 0 Å². The molecule has 0 saturated carbocycles. The third-order valence-electron chi connectivity index (χ3n) is 2.37. The lowest BCUT2D eigenvalue weighted by Crippen LogP contribution is -2.36. The number of imidazole rings is 1. The number of nitrogens with zero attached hydrogens (tertiary/aromatic N) is 2. The highest BCUT2D eigenvalue weighted by atomic mass is 32.1. The summed E-state index contributed by atoms with van der Waals surface area (Å²) in [7, 11) is 0. The van der Waals surface area contributed by atoms with E-state index >= 15 is 0 Å². The van der Waals surface area contributed by atoms with Gasteiger partial charge in [0.1, 0.15) is 10.8 Å². The Morgan fingerprint density at radius 1 is 1.40 bits per heavy atom. The molecule has 0 aliphatic heterocycles. The number of hydrogen-bond acceptors (Lipinski definition) is 5. The molecular formula is C11H13N5O3S. The van der Waals surface area contributed by atoms with Crippen molar-refractivity contribution in [3.63, 3.8) is 0 Å². The number of carbonyl (C=O) groups excluding carboxylic acids is 1. The Hall–Kier alpha value is -2.42. The zero-order valence-electron chi connectivity index (χ0n) is 10.4. The highest BCUT2D eigenvalue weighted by Crippen LogP contribution is 2.09. The van der Waals surface area contributed by atoms with Crippen molar-refractivity contribution in [2.45, 2.75) is 13.0 Å². The van der Waals surface area contributed by atoms with E-state index in [1.54, 1.807) is 12.4 Å². The van der Waals surface area contributed by atoms with Gasteiger partial charge in [0, 0.05) is 30.7 Å². The summed E-state index contributed by atoms with van der Waals surface area (Å²) in [4.78, 5) is 33.0. The number of H-pyrrole nitrogens is 1. The standard InChI is InChI=1S/C11H13N5O3S/c17-10(18)7-6-20-9(16-7)5-15-11(19)14-2-1-8-12-3-4-13-8/h3-4,6H,1-2,5H2,(H,12,13)(H,17,18)(H2,14,15,19). The molecule has 8 nitrogen and oxygen atoms in total. The maximum Gasteiger partial charge on any atom is 0.355 e. The fraction of sp³-hybridized carbons (Fsp3) is 0.273. The zero-order chi connectivity index (χ0) is 14.4. The number of carboxylic acid groups (broad SMARTS) is 1. The summed E-state index contributed by atoms with van der Waals surface area (Å²) in [6.07, 6.45) is 3.98. The van der Waals surface area contributed by atoms with Crippen LogP contribution < -0.4 is 10.6 Å². The Balaban J connectivity index is 1.67. The Kier molecular flexibility index (Phi) is 4.66. The molecule has 0 radical (unpaired) electrons. The van der Waals surface area contributed by atoms with Crippen LogP contribution in [0.25, 0.3) is 0 Å². The van der Waals surface area contributed by atoms with Gasteiger partial charge in [0.15, 0.2) is 5.69 Å². The molecule has 106 valence electrons. The minimum absolute atomic E-state index is 0.00923. The fourth-order valence-electron chi connectivity index (χ4n) is 1.44. The number of aromatic nitrogens is 3. The van der Waals surface area contributed by atoms with Crippen molar-refractivity contribution in [3.05, 3.63) is 34.3 Å². The zero-order valence-corrected chi connectivity index (χ0v) is 11.2. The maximum atomic E-state index is 11.5. The molecule has 4 N–H and O–H groups in total. The molecule has 0 unspecified atom stereocenters. The van der Waals surface area contributed by atoms with Crippen LogP contribution in [0.1, 0.15) is 21.3 Å². The molecule has 0 aliphatic carbocycles. The summed E-state index contributed by atoms with van der Waals surface area (Å²) in [6.45, 7) is 0.655. The number of carboxylic acids is 1. The van der Waals surface area contributed by atoms with Crippen molar-refractivity contribution in [2.24, 2.45) is 0 Å². The normalized spacial score (nSPS) is 10.2. The van der Waals surface area contributed by atoms with Gasteiger partial charge in [-0.25, -0.2) is 19.6 Å². The van der Waals surface area contributed by atoms with Gasteiger partial charge in [0.05, 0.1) is 6.54 Å². The Morgan fingerprint density at radius 3 is 2.90 bits per heavy atom. The Morgan fingerprint density at radius 2 is 2.25 bits per heavy atom. The second kappa shape index (κ2) is 6.66. The van der Waals surface area contributed by atoms with Crippen LogP contribution in [0.4, 0.5) is 4.79 Å². The Bertz CT molecular complexity index is 581. The smallest absolute Gasteiger partial charge is 0.355 e. The first-order valence-corrected chi connectivity index (χ1v) is 6.71. The summed E-state index contributed by atoms with van der Waals surface area (Å²) in [5.41, 5.74) is -0.00923. The summed E-state index contributed by atoms with van der Waals surface area (Å²) in [5.74, 6) is -0.272. The van der Waals surface area contributed by atoms with Crippen LogP contribution in [0.15, 0.2) is 17.8 Å². The van der Waals surface area contributed by atoms with Crippen LogP contribution in [0.2, 0.25) is 0 Å². The van der Waals surface area contributed by atoms with E-state index in [2.05, 4.69) is 25.6 Å². The van der Waals surface area contributed by atoms with Gasteiger partial charge in [-0.3, -0.25) is 0 Å². The van der Waals surface area contributed by atoms with E-state index in [9.17, 15) is 9.59 Å². The average molecular weight is 295 g/mol. The van der Waals surface area contributed by atoms with E-state index in [1.807, 2.05) is 0 Å². The van der Waals surface area contributed by atoms with Crippen LogP contribution in [0.3, 0.4) is 0 Å². The number of nitrogens with one attached hydrogen (secondary N) is 3. The first-order chi connectivity index (χ1) is 9.65. The number of carbonyl (C=O) groups is 2. The van der Waals surface area contributed by atoms with Crippen LogP contribution in [0, 0.1) is 0 Å². The highest BCUT2D eigenvalue weighted by Gasteiger charge is 2.09. The molecule has 2 heterocycles. The summed E-state index contributed by atoms with van der Waals surface area (Å²) in [5, 5.41) is 16.0. The monoisotopic (exact) mass is 295 g/mol. The van der Waals surface area contributed by atoms with E-state index in [4.69, 9.17) is 5.11 Å². The van der Waals surface area contributed by atoms with E-state index in [0.29, 0.717) is 18.0 Å². The molecule has 20 heavy (non-hydrogen) atoms. The van der Waals surface area contributed by atoms with Gasteiger partial charge in [0.2, 0.25) is 0 Å². The minimum Gasteiger partial charge on any atom is -0.476 e. The molecule has 0 bridgehead atoms. The van der Waals surface area contributed by atoms with E-state index < -0.39 is 5.97 Å². The molecule has 0 saturated heterocycles. The molecule has 0 aromatic carbocycles. The largest absolute Gasteiger partial charge is 0.476 e. The lowest BCUT2D eigenvalue weighted by atomic mass is 10.4. The van der Waals surface area contributed by atoms with E-state index in [0.717, 1.165) is 5.82 Å². The summed E-state index contributed by atoms with van der Waals surface area (Å²) < 4.78 is 0. The van der Waals surface area contributed by atoms with Crippen molar-refractivity contribution in [1.82, 2.24) is 25.6 Å².